The molecule has 24 heavy (non-hydrogen) atoms. The fraction of sp³-hybridized carbons (Fsp3) is 0.471. The van der Waals surface area contributed by atoms with E-state index < -0.39 is 0 Å². The molecule has 3 rings (SSSR count). The Bertz CT molecular complexity index is 711. The molecular formula is C17H20FN3O2S. The number of carbonyl (C=O) groups excluding carboxylic acids is 1. The van der Waals surface area contributed by atoms with Crippen LogP contribution in [0.15, 0.2) is 29.4 Å². The van der Waals surface area contributed by atoms with Gasteiger partial charge >= 0.3 is 0 Å². The molecule has 1 saturated heterocycles. The molecule has 128 valence electrons. The first-order valence-electron chi connectivity index (χ1n) is 8.02. The maximum absolute atomic E-state index is 13.2. The first-order chi connectivity index (χ1) is 11.5. The SMILES string of the molecule is CC(=O)C(C)Sc1nnc(-c2ccc(F)cc2)n1CC1CCCO1. The van der Waals surface area contributed by atoms with Crippen molar-refractivity contribution < 1.29 is 13.9 Å². The van der Waals surface area contributed by atoms with Gasteiger partial charge in [0.2, 0.25) is 0 Å². The minimum Gasteiger partial charge on any atom is -0.376 e. The van der Waals surface area contributed by atoms with Crippen molar-refractivity contribution in [1.82, 2.24) is 14.8 Å². The molecule has 0 N–H and O–H groups in total. The number of benzene rings is 1. The van der Waals surface area contributed by atoms with E-state index in [4.69, 9.17) is 4.74 Å². The van der Waals surface area contributed by atoms with Gasteiger partial charge in [-0.2, -0.15) is 0 Å². The van der Waals surface area contributed by atoms with Gasteiger partial charge in [-0.1, -0.05) is 11.8 Å². The summed E-state index contributed by atoms with van der Waals surface area (Å²) in [7, 11) is 0. The van der Waals surface area contributed by atoms with E-state index in [0.29, 0.717) is 17.5 Å². The standard InChI is InChI=1S/C17H20FN3O2S/c1-11(22)12(2)24-17-20-19-16(13-5-7-14(18)8-6-13)21(17)10-15-4-3-9-23-15/h5-8,12,15H,3-4,9-10H2,1-2H3. The van der Waals surface area contributed by atoms with E-state index in [2.05, 4.69) is 10.2 Å². The van der Waals surface area contributed by atoms with Crippen LogP contribution in [0.2, 0.25) is 0 Å². The molecule has 2 heterocycles. The minimum absolute atomic E-state index is 0.0926. The second kappa shape index (κ2) is 7.44. The van der Waals surface area contributed by atoms with Gasteiger partial charge in [-0.15, -0.1) is 10.2 Å². The average molecular weight is 349 g/mol. The number of nitrogens with zero attached hydrogens (tertiary/aromatic N) is 3. The molecule has 7 heteroatoms. The quantitative estimate of drug-likeness (QED) is 0.749. The minimum atomic E-state index is -0.288. The lowest BCUT2D eigenvalue weighted by atomic mass is 10.2. The molecule has 1 aromatic heterocycles. The number of halogens is 1. The zero-order valence-electron chi connectivity index (χ0n) is 13.7. The third-order valence-corrected chi connectivity index (χ3v) is 5.28. The average Bonchev–Trinajstić information content (AvgIpc) is 3.19. The van der Waals surface area contributed by atoms with Crippen LogP contribution in [0.1, 0.15) is 26.7 Å². The van der Waals surface area contributed by atoms with Crippen LogP contribution >= 0.6 is 11.8 Å². The highest BCUT2D eigenvalue weighted by molar-refractivity contribution is 8.00. The first kappa shape index (κ1) is 17.1. The van der Waals surface area contributed by atoms with Crippen LogP contribution in [0, 0.1) is 5.82 Å². The van der Waals surface area contributed by atoms with Gasteiger partial charge < -0.3 is 4.74 Å². The molecule has 1 aromatic carbocycles. The second-order valence-electron chi connectivity index (χ2n) is 5.93. The maximum atomic E-state index is 13.2. The van der Waals surface area contributed by atoms with E-state index >= 15 is 0 Å². The summed E-state index contributed by atoms with van der Waals surface area (Å²) in [5, 5.41) is 9.02. The van der Waals surface area contributed by atoms with Gasteiger partial charge in [0, 0.05) is 12.2 Å². The lowest BCUT2D eigenvalue weighted by molar-refractivity contribution is -0.116. The Hall–Kier alpha value is -1.73. The van der Waals surface area contributed by atoms with E-state index in [0.717, 1.165) is 25.0 Å². The highest BCUT2D eigenvalue weighted by Gasteiger charge is 2.23. The molecule has 0 aliphatic carbocycles. The van der Waals surface area contributed by atoms with Crippen molar-refractivity contribution in [3.8, 4) is 11.4 Å². The molecule has 0 saturated carbocycles. The van der Waals surface area contributed by atoms with Gasteiger partial charge in [-0.3, -0.25) is 9.36 Å². The van der Waals surface area contributed by atoms with Crippen LogP contribution in [0.4, 0.5) is 4.39 Å². The molecule has 0 radical (unpaired) electrons. The van der Waals surface area contributed by atoms with Crippen molar-refractivity contribution in [2.75, 3.05) is 6.61 Å². The van der Waals surface area contributed by atoms with Crippen molar-refractivity contribution in [2.24, 2.45) is 0 Å². The van der Waals surface area contributed by atoms with Gasteiger partial charge in [0.05, 0.1) is 17.9 Å². The Balaban J connectivity index is 1.93. The lowest BCUT2D eigenvalue weighted by Crippen LogP contribution is -2.18. The fourth-order valence-corrected chi connectivity index (χ4v) is 3.44. The molecule has 1 aliphatic heterocycles. The van der Waals surface area contributed by atoms with Crippen molar-refractivity contribution >= 4 is 17.5 Å². The molecule has 5 nitrogen and oxygen atoms in total. The molecule has 0 amide bonds. The highest BCUT2D eigenvalue weighted by Crippen LogP contribution is 2.29. The van der Waals surface area contributed by atoms with Crippen molar-refractivity contribution in [2.45, 2.75) is 49.7 Å². The van der Waals surface area contributed by atoms with Crippen molar-refractivity contribution in [1.29, 1.82) is 0 Å². The van der Waals surface area contributed by atoms with E-state index in [9.17, 15) is 9.18 Å². The van der Waals surface area contributed by atoms with Gasteiger partial charge in [0.1, 0.15) is 11.6 Å². The van der Waals surface area contributed by atoms with Crippen molar-refractivity contribution in [3.05, 3.63) is 30.1 Å². The first-order valence-corrected chi connectivity index (χ1v) is 8.90. The monoisotopic (exact) mass is 349 g/mol. The number of rotatable bonds is 6. The third-order valence-electron chi connectivity index (χ3n) is 4.08. The molecule has 2 atom stereocenters. The second-order valence-corrected chi connectivity index (χ2v) is 7.24. The number of hydrogen-bond acceptors (Lipinski definition) is 5. The normalized spacial score (nSPS) is 18.7. The molecule has 1 aliphatic rings. The fourth-order valence-electron chi connectivity index (χ4n) is 2.59. The Morgan fingerprint density at radius 2 is 2.17 bits per heavy atom. The maximum Gasteiger partial charge on any atom is 0.192 e. The molecule has 2 unspecified atom stereocenters. The summed E-state index contributed by atoms with van der Waals surface area (Å²) in [6.07, 6.45) is 2.16. The molecule has 1 fully saturated rings. The Morgan fingerprint density at radius 1 is 1.42 bits per heavy atom. The summed E-state index contributed by atoms with van der Waals surface area (Å²) < 4.78 is 20.9. The predicted molar refractivity (Wildman–Crippen MR) is 90.4 cm³/mol. The summed E-state index contributed by atoms with van der Waals surface area (Å²) in [6, 6.07) is 6.19. The van der Waals surface area contributed by atoms with E-state index in [1.165, 1.54) is 23.9 Å². The van der Waals surface area contributed by atoms with Gasteiger partial charge in [0.15, 0.2) is 11.0 Å². The largest absolute Gasteiger partial charge is 0.376 e. The number of thioether (sulfide) groups is 1. The van der Waals surface area contributed by atoms with E-state index in [1.54, 1.807) is 19.1 Å². The number of ketones is 1. The van der Waals surface area contributed by atoms with Gasteiger partial charge in [-0.05, 0) is 51.0 Å². The third kappa shape index (κ3) is 3.84. The smallest absolute Gasteiger partial charge is 0.192 e. The summed E-state index contributed by atoms with van der Waals surface area (Å²) in [5.74, 6) is 0.475. The number of hydrogen-bond donors (Lipinski definition) is 0. The predicted octanol–water partition coefficient (Wildman–Crippen LogP) is 3.33. The van der Waals surface area contributed by atoms with Crippen LogP contribution in [0.5, 0.6) is 0 Å². The van der Waals surface area contributed by atoms with Crippen molar-refractivity contribution in [3.63, 3.8) is 0 Å². The molecule has 0 bridgehead atoms. The lowest BCUT2D eigenvalue weighted by Gasteiger charge is -2.15. The van der Waals surface area contributed by atoms with Gasteiger partial charge in [0.25, 0.3) is 0 Å². The number of aromatic nitrogens is 3. The van der Waals surface area contributed by atoms with Crippen LogP contribution in [0.3, 0.4) is 0 Å². The topological polar surface area (TPSA) is 57.0 Å². The van der Waals surface area contributed by atoms with Crippen LogP contribution in [-0.4, -0.2) is 38.5 Å². The van der Waals surface area contributed by atoms with Crippen LogP contribution < -0.4 is 0 Å². The summed E-state index contributed by atoms with van der Waals surface area (Å²) >= 11 is 1.39. The molecule has 0 spiro atoms. The van der Waals surface area contributed by atoms with Crippen LogP contribution in [0.25, 0.3) is 11.4 Å². The molecule has 2 aromatic rings. The van der Waals surface area contributed by atoms with Gasteiger partial charge in [-0.25, -0.2) is 4.39 Å². The Kier molecular flexibility index (Phi) is 5.30. The Labute approximate surface area is 144 Å². The van der Waals surface area contributed by atoms with E-state index in [1.807, 2.05) is 11.5 Å². The zero-order chi connectivity index (χ0) is 17.1. The summed E-state index contributed by atoms with van der Waals surface area (Å²) in [6.45, 7) is 4.83. The van der Waals surface area contributed by atoms with Crippen LogP contribution in [-0.2, 0) is 16.1 Å². The number of carbonyl (C=O) groups is 1. The number of ether oxygens (including phenoxy) is 1. The summed E-state index contributed by atoms with van der Waals surface area (Å²) in [5.41, 5.74) is 0.796. The highest BCUT2D eigenvalue weighted by atomic mass is 32.2. The Morgan fingerprint density at radius 3 is 2.79 bits per heavy atom. The van der Waals surface area contributed by atoms with E-state index in [-0.39, 0.29) is 23.0 Å². The molecular weight excluding hydrogens is 329 g/mol. The zero-order valence-corrected chi connectivity index (χ0v) is 14.6. The summed E-state index contributed by atoms with van der Waals surface area (Å²) in [4.78, 5) is 11.6. The number of Topliss-reactive ketones (excluding diaryl/α,β-unsaturated/α-hetero) is 1.